The third-order valence-corrected chi connectivity index (χ3v) is 14.8. The summed E-state index contributed by atoms with van der Waals surface area (Å²) in [5.41, 5.74) is 19.0. The quantitative estimate of drug-likeness (QED) is 0.176. The summed E-state index contributed by atoms with van der Waals surface area (Å²) in [6.45, 7) is 0. The maximum Gasteiger partial charge on any atom is 0.0738 e. The first kappa shape index (κ1) is 34.4. The molecular weight excluding hydrogens is 753 g/mol. The van der Waals surface area contributed by atoms with E-state index in [1.54, 1.807) is 11.1 Å². The van der Waals surface area contributed by atoms with E-state index in [9.17, 15) is 0 Å². The van der Waals surface area contributed by atoms with E-state index in [1.807, 2.05) is 0 Å². The second kappa shape index (κ2) is 13.1. The second-order valence-electron chi connectivity index (χ2n) is 17.7. The molecular formula is C58H44N4. The maximum absolute atomic E-state index is 2.73. The lowest BCUT2D eigenvalue weighted by Gasteiger charge is -2.35. The van der Waals surface area contributed by atoms with Gasteiger partial charge in [-0.2, -0.15) is 0 Å². The zero-order chi connectivity index (χ0) is 40.5. The Labute approximate surface area is 361 Å². The van der Waals surface area contributed by atoms with Crippen molar-refractivity contribution in [3.05, 3.63) is 228 Å². The van der Waals surface area contributed by atoms with Crippen LogP contribution in [-0.2, 0) is 12.8 Å². The van der Waals surface area contributed by atoms with Crippen LogP contribution in [0.3, 0.4) is 0 Å². The minimum atomic E-state index is 0.187. The number of allylic oxidation sites excluding steroid dienone is 4. The van der Waals surface area contributed by atoms with Crippen LogP contribution in [0.5, 0.6) is 0 Å². The molecule has 4 unspecified atom stereocenters. The Morgan fingerprint density at radius 1 is 0.355 bits per heavy atom. The van der Waals surface area contributed by atoms with Crippen molar-refractivity contribution in [3.63, 3.8) is 0 Å². The Bertz CT molecular complexity index is 3160. The van der Waals surface area contributed by atoms with Crippen LogP contribution in [-0.4, -0.2) is 21.2 Å². The monoisotopic (exact) mass is 796 g/mol. The highest BCUT2D eigenvalue weighted by molar-refractivity contribution is 6.10. The van der Waals surface area contributed by atoms with Gasteiger partial charge in [-0.15, -0.1) is 0 Å². The van der Waals surface area contributed by atoms with Crippen LogP contribution in [0.1, 0.15) is 35.4 Å². The van der Waals surface area contributed by atoms with Crippen molar-refractivity contribution in [2.75, 3.05) is 9.80 Å². The molecule has 2 aliphatic heterocycles. The smallest absolute Gasteiger partial charge is 0.0738 e. The molecule has 0 N–H and O–H groups in total. The lowest BCUT2D eigenvalue weighted by Crippen LogP contribution is -2.34. The van der Waals surface area contributed by atoms with Gasteiger partial charge in [0.05, 0.1) is 45.9 Å². The van der Waals surface area contributed by atoms with Gasteiger partial charge in [0.1, 0.15) is 0 Å². The number of rotatable bonds is 4. The number of para-hydroxylation sites is 4. The van der Waals surface area contributed by atoms with Crippen LogP contribution in [0.15, 0.2) is 205 Å². The average Bonchev–Trinajstić information content (AvgIpc) is 4.07. The Morgan fingerprint density at radius 2 is 0.758 bits per heavy atom. The van der Waals surface area contributed by atoms with Gasteiger partial charge in [-0.05, 0) is 96.5 Å². The van der Waals surface area contributed by atoms with Crippen molar-refractivity contribution in [2.24, 2.45) is 11.8 Å². The molecule has 4 heterocycles. The molecule has 0 bridgehead atoms. The van der Waals surface area contributed by atoms with Gasteiger partial charge in [0.2, 0.25) is 0 Å². The number of aromatic nitrogens is 2. The molecule has 0 spiro atoms. The highest BCUT2D eigenvalue weighted by atomic mass is 15.2. The van der Waals surface area contributed by atoms with Crippen molar-refractivity contribution < 1.29 is 0 Å². The fourth-order valence-electron chi connectivity index (χ4n) is 12.4. The Balaban J connectivity index is 1.00. The van der Waals surface area contributed by atoms with Crippen molar-refractivity contribution in [3.8, 4) is 11.4 Å². The first-order chi connectivity index (χ1) is 30.8. The molecule has 4 aliphatic carbocycles. The van der Waals surface area contributed by atoms with Gasteiger partial charge < -0.3 is 18.9 Å². The van der Waals surface area contributed by atoms with E-state index in [4.69, 9.17) is 0 Å². The molecule has 8 aromatic rings. The molecule has 62 heavy (non-hydrogen) atoms. The third-order valence-electron chi connectivity index (χ3n) is 14.8. The summed E-state index contributed by atoms with van der Waals surface area (Å²) in [5.74, 6) is 0.631. The summed E-state index contributed by atoms with van der Waals surface area (Å²) in [6, 6.07) is 54.7. The summed E-state index contributed by atoms with van der Waals surface area (Å²) in [7, 11) is 0. The van der Waals surface area contributed by atoms with Crippen LogP contribution in [0.25, 0.3) is 55.3 Å². The van der Waals surface area contributed by atoms with E-state index >= 15 is 0 Å². The molecule has 0 saturated heterocycles. The largest absolute Gasteiger partial charge is 0.331 e. The molecule has 2 aromatic heterocycles. The van der Waals surface area contributed by atoms with E-state index in [1.165, 1.54) is 89.2 Å². The van der Waals surface area contributed by atoms with Crippen molar-refractivity contribution >= 4 is 55.3 Å². The highest BCUT2D eigenvalue weighted by Gasteiger charge is 2.47. The third kappa shape index (κ3) is 4.62. The number of fused-ring (bicyclic) bond motifs is 13. The maximum atomic E-state index is 2.73. The van der Waals surface area contributed by atoms with Gasteiger partial charge in [-0.25, -0.2) is 0 Å². The summed E-state index contributed by atoms with van der Waals surface area (Å²) < 4.78 is 5.11. The number of aryl methyl sites for hydroxylation is 2. The lowest BCUT2D eigenvalue weighted by molar-refractivity contribution is 0.658. The van der Waals surface area contributed by atoms with Gasteiger partial charge in [0, 0.05) is 56.1 Å². The van der Waals surface area contributed by atoms with Gasteiger partial charge in [-0.3, -0.25) is 0 Å². The summed E-state index contributed by atoms with van der Waals surface area (Å²) >= 11 is 0. The number of hydrogen-bond donors (Lipinski definition) is 0. The predicted molar refractivity (Wildman–Crippen MR) is 257 cm³/mol. The molecule has 4 atom stereocenters. The van der Waals surface area contributed by atoms with E-state index in [-0.39, 0.29) is 12.1 Å². The average molecular weight is 797 g/mol. The normalized spacial score (nSPS) is 21.8. The molecule has 0 amide bonds. The minimum Gasteiger partial charge on any atom is -0.331 e. The van der Waals surface area contributed by atoms with Crippen LogP contribution in [0.4, 0.5) is 11.4 Å². The topological polar surface area (TPSA) is 16.3 Å². The molecule has 6 aromatic carbocycles. The fraction of sp³-hybridized carbons (Fsp3) is 0.138. The summed E-state index contributed by atoms with van der Waals surface area (Å²) in [4.78, 5) is 5.46. The number of benzene rings is 6. The van der Waals surface area contributed by atoms with Crippen LogP contribution in [0, 0.1) is 11.8 Å². The standard InChI is InChI=1S/C58H44N4/c1-3-17-37(18-4-1)59-49-27-11-7-21-41(49)45-33-35-47-43-23-9-13-29-51(43)61(57(47)55(45)59)53-31-15-26-40-39(53)25-16-32-54(40)62-52-30-14-10-24-44(52)48-36-34-46-42-22-8-12-28-50(42)60(56(46)58(48)62)38-19-5-2-6-20-38/h1-32,43-44,51-52H,33-36H2. The molecule has 0 fully saturated rings. The van der Waals surface area contributed by atoms with E-state index in [2.05, 4.69) is 213 Å². The summed E-state index contributed by atoms with van der Waals surface area (Å²) in [6.07, 6.45) is 23.1. The number of nitrogens with zero attached hydrogens (tertiary/aromatic N) is 4. The second-order valence-corrected chi connectivity index (χ2v) is 17.7. The van der Waals surface area contributed by atoms with Crippen molar-refractivity contribution in [2.45, 2.75) is 37.8 Å². The highest BCUT2D eigenvalue weighted by Crippen LogP contribution is 2.56. The van der Waals surface area contributed by atoms with E-state index < -0.39 is 0 Å². The van der Waals surface area contributed by atoms with Crippen LogP contribution < -0.4 is 9.80 Å². The number of hydrogen-bond acceptors (Lipinski definition) is 2. The number of anilines is 2. The van der Waals surface area contributed by atoms with Gasteiger partial charge >= 0.3 is 0 Å². The first-order valence-electron chi connectivity index (χ1n) is 22.5. The summed E-state index contributed by atoms with van der Waals surface area (Å²) in [5, 5.41) is 5.30. The van der Waals surface area contributed by atoms with Crippen molar-refractivity contribution in [1.82, 2.24) is 9.13 Å². The van der Waals surface area contributed by atoms with Gasteiger partial charge in [0.25, 0.3) is 0 Å². The van der Waals surface area contributed by atoms with Crippen LogP contribution in [0.2, 0.25) is 0 Å². The molecule has 0 saturated carbocycles. The van der Waals surface area contributed by atoms with Gasteiger partial charge in [-0.1, -0.05) is 146 Å². The SMILES string of the molecule is C1=CC2C3=C(c4c(c5ccccc5n4-c4ccccc4)CC3)N(c3cccc4c(N5C6=C(CCc7c6n(-c6ccccc6)c6ccccc76)C6C=CC=CC65)cccc34)C2C=C1. The molecule has 296 valence electrons. The molecule has 4 heteroatoms. The van der Waals surface area contributed by atoms with E-state index in [0.29, 0.717) is 11.8 Å². The first-order valence-corrected chi connectivity index (χ1v) is 22.5. The molecule has 0 radical (unpaired) electrons. The lowest BCUT2D eigenvalue weighted by atomic mass is 9.84. The Hall–Kier alpha value is -7.30. The zero-order valence-corrected chi connectivity index (χ0v) is 34.4. The predicted octanol–water partition coefficient (Wildman–Crippen LogP) is 13.3. The molecule has 6 aliphatic rings. The Morgan fingerprint density at radius 3 is 1.23 bits per heavy atom. The zero-order valence-electron chi connectivity index (χ0n) is 34.4. The molecule has 4 nitrogen and oxygen atoms in total. The van der Waals surface area contributed by atoms with E-state index in [0.717, 1.165) is 25.7 Å². The Kier molecular flexibility index (Phi) is 7.27. The fourth-order valence-corrected chi connectivity index (χ4v) is 12.4. The van der Waals surface area contributed by atoms with Crippen LogP contribution >= 0.6 is 0 Å². The molecule has 14 rings (SSSR count). The van der Waals surface area contributed by atoms with Crippen molar-refractivity contribution in [1.29, 1.82) is 0 Å². The van der Waals surface area contributed by atoms with Gasteiger partial charge in [0.15, 0.2) is 0 Å². The minimum absolute atomic E-state index is 0.187.